The average molecular weight is 374 g/mol. The highest BCUT2D eigenvalue weighted by molar-refractivity contribution is 5.49. The maximum absolute atomic E-state index is 9.48. The summed E-state index contributed by atoms with van der Waals surface area (Å²) in [4.78, 5) is 14.0. The Labute approximate surface area is 163 Å². The van der Waals surface area contributed by atoms with Crippen molar-refractivity contribution in [3.8, 4) is 0 Å². The lowest BCUT2D eigenvalue weighted by molar-refractivity contribution is 0.124. The number of hydrogen-bond donors (Lipinski definition) is 2. The van der Waals surface area contributed by atoms with Crippen LogP contribution < -0.4 is 10.2 Å². The number of aliphatic hydroxyl groups is 1. The van der Waals surface area contributed by atoms with E-state index in [1.807, 2.05) is 0 Å². The molecule has 2 aliphatic heterocycles. The van der Waals surface area contributed by atoms with Crippen LogP contribution in [-0.4, -0.2) is 64.8 Å². The third-order valence-corrected chi connectivity index (χ3v) is 6.65. The summed E-state index contributed by atoms with van der Waals surface area (Å²) in [6.45, 7) is 4.58. The molecule has 2 saturated heterocycles. The van der Waals surface area contributed by atoms with E-state index < -0.39 is 0 Å². The molecule has 4 rings (SSSR count). The van der Waals surface area contributed by atoms with Crippen molar-refractivity contribution in [1.82, 2.24) is 14.9 Å². The van der Waals surface area contributed by atoms with Crippen LogP contribution in [0.4, 0.5) is 11.6 Å². The van der Waals surface area contributed by atoms with Gasteiger partial charge in [0, 0.05) is 44.4 Å². The summed E-state index contributed by atoms with van der Waals surface area (Å²) in [5.41, 5.74) is 0. The van der Waals surface area contributed by atoms with Gasteiger partial charge >= 0.3 is 0 Å². The largest absolute Gasteiger partial charge is 0.396 e. The molecule has 27 heavy (non-hydrogen) atoms. The average Bonchev–Trinajstić information content (AvgIpc) is 2.75. The molecule has 3 heterocycles. The monoisotopic (exact) mass is 373 g/mol. The van der Waals surface area contributed by atoms with E-state index >= 15 is 0 Å². The Morgan fingerprint density at radius 2 is 1.81 bits per heavy atom. The Morgan fingerprint density at radius 3 is 2.67 bits per heavy atom. The maximum atomic E-state index is 9.48. The van der Waals surface area contributed by atoms with E-state index in [1.54, 1.807) is 6.33 Å². The number of aromatic nitrogens is 2. The van der Waals surface area contributed by atoms with Crippen LogP contribution in [0.5, 0.6) is 0 Å². The predicted molar refractivity (Wildman–Crippen MR) is 109 cm³/mol. The fourth-order valence-electron chi connectivity index (χ4n) is 5.13. The number of anilines is 2. The standard InChI is InChI=1S/C21H35N5O/c27-15-17-6-4-11-26(13-17)21-12-20(22-16-23-21)24-18-7-5-10-25(14-18)19-8-2-1-3-9-19/h12,16-19,27H,1-11,13-15H2,(H,22,23,24). The summed E-state index contributed by atoms with van der Waals surface area (Å²) in [5.74, 6) is 2.31. The zero-order valence-electron chi connectivity index (χ0n) is 16.5. The molecule has 6 nitrogen and oxygen atoms in total. The summed E-state index contributed by atoms with van der Waals surface area (Å²) >= 11 is 0. The highest BCUT2D eigenvalue weighted by Gasteiger charge is 2.27. The van der Waals surface area contributed by atoms with Crippen LogP contribution in [-0.2, 0) is 0 Å². The number of nitrogens with zero attached hydrogens (tertiary/aromatic N) is 4. The lowest BCUT2D eigenvalue weighted by atomic mass is 9.92. The zero-order valence-corrected chi connectivity index (χ0v) is 16.5. The van der Waals surface area contributed by atoms with E-state index in [0.717, 1.165) is 50.2 Å². The third-order valence-electron chi connectivity index (χ3n) is 6.65. The van der Waals surface area contributed by atoms with Gasteiger partial charge in [0.2, 0.25) is 0 Å². The predicted octanol–water partition coefficient (Wildman–Crippen LogP) is 2.89. The van der Waals surface area contributed by atoms with Crippen molar-refractivity contribution in [2.24, 2.45) is 5.92 Å². The number of likely N-dealkylation sites (tertiary alicyclic amines) is 1. The molecule has 1 saturated carbocycles. The zero-order chi connectivity index (χ0) is 18.5. The molecule has 6 heteroatoms. The van der Waals surface area contributed by atoms with Gasteiger partial charge in [-0.25, -0.2) is 9.97 Å². The molecule has 3 aliphatic rings. The summed E-state index contributed by atoms with van der Waals surface area (Å²) < 4.78 is 0. The van der Waals surface area contributed by atoms with Crippen LogP contribution in [0.3, 0.4) is 0 Å². The second kappa shape index (κ2) is 9.20. The fourth-order valence-corrected chi connectivity index (χ4v) is 5.13. The second-order valence-electron chi connectivity index (χ2n) is 8.67. The summed E-state index contributed by atoms with van der Waals surface area (Å²) in [5, 5.41) is 13.2. The minimum Gasteiger partial charge on any atom is -0.396 e. The van der Waals surface area contributed by atoms with Crippen molar-refractivity contribution in [2.75, 3.05) is 43.0 Å². The van der Waals surface area contributed by atoms with Crippen molar-refractivity contribution >= 4 is 11.6 Å². The van der Waals surface area contributed by atoms with E-state index in [4.69, 9.17) is 0 Å². The topological polar surface area (TPSA) is 64.5 Å². The number of aliphatic hydroxyl groups excluding tert-OH is 1. The number of piperidine rings is 2. The SMILES string of the molecule is OCC1CCCN(c2cc(NC3CCCN(C4CCCCC4)C3)ncn2)C1. The van der Waals surface area contributed by atoms with Gasteiger partial charge in [0.15, 0.2) is 0 Å². The molecule has 1 aromatic rings. The van der Waals surface area contributed by atoms with Gasteiger partial charge in [0.05, 0.1) is 0 Å². The van der Waals surface area contributed by atoms with Crippen LogP contribution in [0.2, 0.25) is 0 Å². The van der Waals surface area contributed by atoms with Crippen molar-refractivity contribution in [3.05, 3.63) is 12.4 Å². The van der Waals surface area contributed by atoms with E-state index in [9.17, 15) is 5.11 Å². The van der Waals surface area contributed by atoms with E-state index in [-0.39, 0.29) is 6.61 Å². The molecular weight excluding hydrogens is 338 g/mol. The molecule has 1 aliphatic carbocycles. The molecule has 2 atom stereocenters. The van der Waals surface area contributed by atoms with E-state index in [0.29, 0.717) is 12.0 Å². The van der Waals surface area contributed by atoms with E-state index in [2.05, 4.69) is 31.2 Å². The molecule has 0 bridgehead atoms. The van der Waals surface area contributed by atoms with Gasteiger partial charge in [-0.05, 0) is 51.0 Å². The smallest absolute Gasteiger partial charge is 0.134 e. The lowest BCUT2D eigenvalue weighted by Crippen LogP contribution is -2.47. The van der Waals surface area contributed by atoms with Gasteiger partial charge in [-0.2, -0.15) is 0 Å². The molecule has 0 aromatic carbocycles. The quantitative estimate of drug-likeness (QED) is 0.827. The number of nitrogens with one attached hydrogen (secondary N) is 1. The number of rotatable bonds is 5. The van der Waals surface area contributed by atoms with Crippen LogP contribution in [0, 0.1) is 5.92 Å². The van der Waals surface area contributed by atoms with Gasteiger partial charge in [-0.3, -0.25) is 4.90 Å². The highest BCUT2D eigenvalue weighted by atomic mass is 16.3. The highest BCUT2D eigenvalue weighted by Crippen LogP contribution is 2.27. The normalized spacial score (nSPS) is 28.3. The summed E-state index contributed by atoms with van der Waals surface area (Å²) in [6, 6.07) is 3.38. The van der Waals surface area contributed by atoms with Crippen molar-refractivity contribution < 1.29 is 5.11 Å². The number of hydrogen-bond acceptors (Lipinski definition) is 6. The van der Waals surface area contributed by atoms with Gasteiger partial charge in [0.25, 0.3) is 0 Å². The summed E-state index contributed by atoms with van der Waals surface area (Å²) in [7, 11) is 0. The molecule has 1 aromatic heterocycles. The minimum atomic E-state index is 0.270. The Hall–Kier alpha value is -1.40. The molecule has 2 N–H and O–H groups in total. The van der Waals surface area contributed by atoms with Crippen LogP contribution in [0.25, 0.3) is 0 Å². The molecule has 0 spiro atoms. The van der Waals surface area contributed by atoms with Crippen molar-refractivity contribution in [3.63, 3.8) is 0 Å². The fraction of sp³-hybridized carbons (Fsp3) is 0.810. The minimum absolute atomic E-state index is 0.270. The Morgan fingerprint density at radius 1 is 0.963 bits per heavy atom. The Bertz CT molecular complexity index is 592. The molecule has 2 unspecified atom stereocenters. The first-order chi connectivity index (χ1) is 13.3. The van der Waals surface area contributed by atoms with E-state index in [1.165, 1.54) is 51.5 Å². The molecule has 0 amide bonds. The molecule has 0 radical (unpaired) electrons. The maximum Gasteiger partial charge on any atom is 0.134 e. The molecule has 150 valence electrons. The Balaban J connectivity index is 1.36. The van der Waals surface area contributed by atoms with Gasteiger partial charge < -0.3 is 15.3 Å². The first kappa shape index (κ1) is 18.9. The Kier molecular flexibility index (Phi) is 6.45. The van der Waals surface area contributed by atoms with Crippen LogP contribution in [0.1, 0.15) is 57.8 Å². The third kappa shape index (κ3) is 4.91. The first-order valence-electron chi connectivity index (χ1n) is 11.0. The van der Waals surface area contributed by atoms with Crippen molar-refractivity contribution in [2.45, 2.75) is 69.9 Å². The lowest BCUT2D eigenvalue weighted by Gasteiger charge is -2.40. The second-order valence-corrected chi connectivity index (χ2v) is 8.67. The van der Waals surface area contributed by atoms with Gasteiger partial charge in [-0.1, -0.05) is 19.3 Å². The molecule has 3 fully saturated rings. The van der Waals surface area contributed by atoms with Gasteiger partial charge in [0.1, 0.15) is 18.0 Å². The van der Waals surface area contributed by atoms with Crippen LogP contribution in [0.15, 0.2) is 12.4 Å². The first-order valence-corrected chi connectivity index (χ1v) is 11.0. The van der Waals surface area contributed by atoms with Crippen LogP contribution >= 0.6 is 0 Å². The molecular formula is C21H35N5O. The van der Waals surface area contributed by atoms with Crippen molar-refractivity contribution in [1.29, 1.82) is 0 Å². The summed E-state index contributed by atoms with van der Waals surface area (Å²) in [6.07, 6.45) is 13.4. The van der Waals surface area contributed by atoms with Gasteiger partial charge in [-0.15, -0.1) is 0 Å².